The summed E-state index contributed by atoms with van der Waals surface area (Å²) in [4.78, 5) is 21.8. The van der Waals surface area contributed by atoms with Crippen molar-refractivity contribution in [2.45, 2.75) is 12.5 Å². The molecule has 0 aliphatic heterocycles. The number of benzene rings is 2. The van der Waals surface area contributed by atoms with E-state index in [2.05, 4.69) is 5.32 Å². The van der Waals surface area contributed by atoms with Crippen LogP contribution in [-0.2, 0) is 11.2 Å². The Labute approximate surface area is 122 Å². The lowest BCUT2D eigenvalue weighted by Crippen LogP contribution is -2.45. The molecule has 1 atom stereocenters. The van der Waals surface area contributed by atoms with E-state index < -0.39 is 18.0 Å². The van der Waals surface area contributed by atoms with Crippen molar-refractivity contribution in [1.29, 1.82) is 0 Å². The Morgan fingerprint density at radius 1 is 1.00 bits per heavy atom. The second kappa shape index (κ2) is 6.56. The number of carboxylic acid groups (broad SMARTS) is 1. The van der Waals surface area contributed by atoms with Gasteiger partial charge in [0, 0.05) is 6.42 Å². The summed E-state index contributed by atoms with van der Waals surface area (Å²) in [6.07, 6.45) is -1.03. The number of rotatable bonds is 5. The SMILES string of the molecule is NC(=O)C(Cc1ccc(-c2ccccc2)cc1)NC(=O)O. The van der Waals surface area contributed by atoms with Gasteiger partial charge in [0.1, 0.15) is 6.04 Å². The fourth-order valence-electron chi connectivity index (χ4n) is 2.07. The summed E-state index contributed by atoms with van der Waals surface area (Å²) in [6, 6.07) is 16.6. The van der Waals surface area contributed by atoms with Crippen molar-refractivity contribution >= 4 is 12.0 Å². The van der Waals surface area contributed by atoms with Gasteiger partial charge in [-0.2, -0.15) is 0 Å². The van der Waals surface area contributed by atoms with Gasteiger partial charge in [0.05, 0.1) is 0 Å². The molecule has 0 saturated carbocycles. The Kier molecular flexibility index (Phi) is 4.56. The predicted molar refractivity (Wildman–Crippen MR) is 79.7 cm³/mol. The average molecular weight is 284 g/mol. The molecule has 0 radical (unpaired) electrons. The highest BCUT2D eigenvalue weighted by Crippen LogP contribution is 2.19. The van der Waals surface area contributed by atoms with Crippen LogP contribution < -0.4 is 11.1 Å². The maximum atomic E-state index is 11.2. The van der Waals surface area contributed by atoms with E-state index in [1.807, 2.05) is 54.6 Å². The summed E-state index contributed by atoms with van der Waals surface area (Å²) in [5.41, 5.74) is 8.18. The van der Waals surface area contributed by atoms with Gasteiger partial charge in [-0.1, -0.05) is 54.6 Å². The summed E-state index contributed by atoms with van der Waals surface area (Å²) < 4.78 is 0. The molecule has 0 saturated heterocycles. The first kappa shape index (κ1) is 14.6. The minimum Gasteiger partial charge on any atom is -0.465 e. The molecule has 2 amide bonds. The van der Waals surface area contributed by atoms with Crippen LogP contribution in [0.4, 0.5) is 4.79 Å². The minimum absolute atomic E-state index is 0.233. The van der Waals surface area contributed by atoms with Gasteiger partial charge in [0.25, 0.3) is 0 Å². The largest absolute Gasteiger partial charge is 0.465 e. The van der Waals surface area contributed by atoms with E-state index in [4.69, 9.17) is 10.8 Å². The zero-order valence-corrected chi connectivity index (χ0v) is 11.3. The molecule has 108 valence electrons. The Hall–Kier alpha value is -2.82. The standard InChI is InChI=1S/C16H16N2O3/c17-15(19)14(18-16(20)21)10-11-6-8-13(9-7-11)12-4-2-1-3-5-12/h1-9,14,18H,10H2,(H2,17,19)(H,20,21). The predicted octanol–water partition coefficient (Wildman–Crippen LogP) is 2.02. The van der Waals surface area contributed by atoms with Gasteiger partial charge < -0.3 is 16.2 Å². The van der Waals surface area contributed by atoms with Gasteiger partial charge in [-0.25, -0.2) is 4.79 Å². The summed E-state index contributed by atoms with van der Waals surface area (Å²) in [7, 11) is 0. The molecule has 0 aliphatic carbocycles. The van der Waals surface area contributed by atoms with E-state index in [1.165, 1.54) is 0 Å². The van der Waals surface area contributed by atoms with Crippen LogP contribution in [0.15, 0.2) is 54.6 Å². The molecule has 5 nitrogen and oxygen atoms in total. The molecule has 2 rings (SSSR count). The lowest BCUT2D eigenvalue weighted by molar-refractivity contribution is -0.119. The number of carbonyl (C=O) groups is 2. The fourth-order valence-corrected chi connectivity index (χ4v) is 2.07. The molecular weight excluding hydrogens is 268 g/mol. The van der Waals surface area contributed by atoms with Gasteiger partial charge >= 0.3 is 6.09 Å². The van der Waals surface area contributed by atoms with Gasteiger partial charge in [-0.15, -0.1) is 0 Å². The summed E-state index contributed by atoms with van der Waals surface area (Å²) >= 11 is 0. The number of carbonyl (C=O) groups excluding carboxylic acids is 1. The van der Waals surface area contributed by atoms with Crippen molar-refractivity contribution in [1.82, 2.24) is 5.32 Å². The number of amides is 2. The Bertz CT molecular complexity index is 624. The average Bonchev–Trinajstić information content (AvgIpc) is 2.48. The molecule has 0 aliphatic rings. The zero-order valence-electron chi connectivity index (χ0n) is 11.3. The Balaban J connectivity index is 2.11. The number of primary amides is 1. The van der Waals surface area contributed by atoms with E-state index in [9.17, 15) is 9.59 Å². The topological polar surface area (TPSA) is 92.4 Å². The van der Waals surface area contributed by atoms with Gasteiger partial charge in [0.15, 0.2) is 0 Å². The summed E-state index contributed by atoms with van der Waals surface area (Å²) in [5.74, 6) is -0.690. The maximum absolute atomic E-state index is 11.2. The molecule has 2 aromatic carbocycles. The molecular formula is C16H16N2O3. The lowest BCUT2D eigenvalue weighted by Gasteiger charge is -2.13. The minimum atomic E-state index is -1.26. The van der Waals surface area contributed by atoms with Crippen LogP contribution in [0.25, 0.3) is 11.1 Å². The smallest absolute Gasteiger partial charge is 0.405 e. The quantitative estimate of drug-likeness (QED) is 0.784. The van der Waals surface area contributed by atoms with Crippen LogP contribution in [-0.4, -0.2) is 23.1 Å². The first-order valence-electron chi connectivity index (χ1n) is 6.49. The van der Waals surface area contributed by atoms with E-state index in [0.717, 1.165) is 16.7 Å². The third kappa shape index (κ3) is 4.07. The highest BCUT2D eigenvalue weighted by molar-refractivity contribution is 5.84. The van der Waals surface area contributed by atoms with Crippen molar-refractivity contribution in [3.8, 4) is 11.1 Å². The van der Waals surface area contributed by atoms with E-state index in [-0.39, 0.29) is 6.42 Å². The van der Waals surface area contributed by atoms with Crippen LogP contribution >= 0.6 is 0 Å². The van der Waals surface area contributed by atoms with Crippen LogP contribution in [0, 0.1) is 0 Å². The number of hydrogen-bond acceptors (Lipinski definition) is 2. The van der Waals surface area contributed by atoms with Crippen molar-refractivity contribution in [2.24, 2.45) is 5.73 Å². The van der Waals surface area contributed by atoms with Crippen molar-refractivity contribution in [2.75, 3.05) is 0 Å². The molecule has 1 unspecified atom stereocenters. The Morgan fingerprint density at radius 2 is 1.57 bits per heavy atom. The summed E-state index contributed by atoms with van der Waals surface area (Å²) in [6.45, 7) is 0. The molecule has 4 N–H and O–H groups in total. The first-order chi connectivity index (χ1) is 10.1. The molecule has 21 heavy (non-hydrogen) atoms. The van der Waals surface area contributed by atoms with Crippen molar-refractivity contribution in [3.63, 3.8) is 0 Å². The second-order valence-electron chi connectivity index (χ2n) is 4.67. The third-order valence-corrected chi connectivity index (χ3v) is 3.14. The molecule has 2 aromatic rings. The summed E-state index contributed by atoms with van der Waals surface area (Å²) in [5, 5.41) is 10.8. The fraction of sp³-hybridized carbons (Fsp3) is 0.125. The molecule has 0 fully saturated rings. The molecule has 5 heteroatoms. The van der Waals surface area contributed by atoms with Crippen molar-refractivity contribution < 1.29 is 14.7 Å². The lowest BCUT2D eigenvalue weighted by atomic mass is 10.0. The maximum Gasteiger partial charge on any atom is 0.405 e. The van der Waals surface area contributed by atoms with Crippen LogP contribution in [0.5, 0.6) is 0 Å². The second-order valence-corrected chi connectivity index (χ2v) is 4.67. The van der Waals surface area contributed by atoms with E-state index in [1.54, 1.807) is 0 Å². The van der Waals surface area contributed by atoms with Crippen LogP contribution in [0.1, 0.15) is 5.56 Å². The molecule has 0 heterocycles. The molecule has 0 aromatic heterocycles. The normalized spacial score (nSPS) is 11.6. The molecule has 0 spiro atoms. The molecule has 0 bridgehead atoms. The van der Waals surface area contributed by atoms with Crippen LogP contribution in [0.3, 0.4) is 0 Å². The van der Waals surface area contributed by atoms with Gasteiger partial charge in [-0.3, -0.25) is 4.79 Å². The van der Waals surface area contributed by atoms with E-state index in [0.29, 0.717) is 0 Å². The Morgan fingerprint density at radius 3 is 2.10 bits per heavy atom. The zero-order chi connectivity index (χ0) is 15.2. The highest BCUT2D eigenvalue weighted by atomic mass is 16.4. The van der Waals surface area contributed by atoms with Crippen LogP contribution in [0.2, 0.25) is 0 Å². The van der Waals surface area contributed by atoms with Gasteiger partial charge in [0.2, 0.25) is 5.91 Å². The monoisotopic (exact) mass is 284 g/mol. The van der Waals surface area contributed by atoms with E-state index >= 15 is 0 Å². The highest BCUT2D eigenvalue weighted by Gasteiger charge is 2.17. The number of nitrogens with two attached hydrogens (primary N) is 1. The number of hydrogen-bond donors (Lipinski definition) is 3. The van der Waals surface area contributed by atoms with Crippen molar-refractivity contribution in [3.05, 3.63) is 60.2 Å². The first-order valence-corrected chi connectivity index (χ1v) is 6.49. The van der Waals surface area contributed by atoms with Gasteiger partial charge in [-0.05, 0) is 16.7 Å². The third-order valence-electron chi connectivity index (χ3n) is 3.14. The number of nitrogens with one attached hydrogen (secondary N) is 1.